The van der Waals surface area contributed by atoms with Crippen LogP contribution < -0.4 is 5.32 Å². The Labute approximate surface area is 94.5 Å². The smallest absolute Gasteiger partial charge is 0.0499 e. The van der Waals surface area contributed by atoms with E-state index in [1.165, 1.54) is 19.3 Å². The fourth-order valence-electron chi connectivity index (χ4n) is 1.92. The summed E-state index contributed by atoms with van der Waals surface area (Å²) < 4.78 is 0. The Kier molecular flexibility index (Phi) is 4.19. The lowest BCUT2D eigenvalue weighted by molar-refractivity contribution is 0.0412. The second-order valence-corrected chi connectivity index (χ2v) is 6.26. The number of nitrogens with one attached hydrogen (secondary N) is 1. The van der Waals surface area contributed by atoms with E-state index < -0.39 is 0 Å². The Balaban J connectivity index is 2.26. The minimum absolute atomic E-state index is 0.215. The van der Waals surface area contributed by atoms with Gasteiger partial charge in [-0.2, -0.15) is 0 Å². The lowest BCUT2D eigenvalue weighted by Gasteiger charge is -2.41. The van der Waals surface area contributed by atoms with Crippen molar-refractivity contribution < 1.29 is 5.11 Å². The van der Waals surface area contributed by atoms with Gasteiger partial charge in [-0.05, 0) is 24.2 Å². The Morgan fingerprint density at radius 3 is 2.27 bits per heavy atom. The zero-order valence-electron chi connectivity index (χ0n) is 10.8. The zero-order valence-corrected chi connectivity index (χ0v) is 10.8. The molecule has 15 heavy (non-hydrogen) atoms. The van der Waals surface area contributed by atoms with Crippen LogP contribution in [0.25, 0.3) is 0 Å². The standard InChI is InChI=1S/C13H27NO/c1-11(2)12(3,4)8-14-9-13(10-15)6-5-7-13/h11,14-15H,5-10H2,1-4H3. The molecule has 2 nitrogen and oxygen atoms in total. The van der Waals surface area contributed by atoms with Crippen LogP contribution in [0, 0.1) is 16.7 Å². The molecule has 0 heterocycles. The van der Waals surface area contributed by atoms with Gasteiger partial charge in [-0.15, -0.1) is 0 Å². The molecule has 0 saturated heterocycles. The monoisotopic (exact) mass is 213 g/mol. The van der Waals surface area contributed by atoms with Crippen LogP contribution >= 0.6 is 0 Å². The maximum absolute atomic E-state index is 9.34. The highest BCUT2D eigenvalue weighted by molar-refractivity contribution is 4.89. The van der Waals surface area contributed by atoms with Crippen molar-refractivity contribution in [1.29, 1.82) is 0 Å². The third-order valence-corrected chi connectivity index (χ3v) is 4.39. The molecule has 1 fully saturated rings. The van der Waals surface area contributed by atoms with Gasteiger partial charge in [0.25, 0.3) is 0 Å². The summed E-state index contributed by atoms with van der Waals surface area (Å²) in [5, 5.41) is 12.9. The van der Waals surface area contributed by atoms with Gasteiger partial charge in [0.2, 0.25) is 0 Å². The molecule has 0 radical (unpaired) electrons. The Bertz CT molecular complexity index is 187. The molecule has 0 unspecified atom stereocenters. The van der Waals surface area contributed by atoms with Crippen LogP contribution in [-0.4, -0.2) is 24.8 Å². The average Bonchev–Trinajstić information content (AvgIpc) is 2.09. The van der Waals surface area contributed by atoms with E-state index >= 15 is 0 Å². The topological polar surface area (TPSA) is 32.3 Å². The Hall–Kier alpha value is -0.0800. The summed E-state index contributed by atoms with van der Waals surface area (Å²) in [7, 11) is 0. The van der Waals surface area contributed by atoms with E-state index in [1.54, 1.807) is 0 Å². The Morgan fingerprint density at radius 2 is 1.93 bits per heavy atom. The van der Waals surface area contributed by atoms with Crippen LogP contribution in [0.5, 0.6) is 0 Å². The van der Waals surface area contributed by atoms with Crippen molar-refractivity contribution in [2.24, 2.45) is 16.7 Å². The SMILES string of the molecule is CC(C)C(C)(C)CNCC1(CO)CCC1. The summed E-state index contributed by atoms with van der Waals surface area (Å²) in [6.07, 6.45) is 3.67. The molecule has 1 aliphatic rings. The minimum atomic E-state index is 0.215. The van der Waals surface area contributed by atoms with Gasteiger partial charge in [-0.1, -0.05) is 34.1 Å². The zero-order chi connectivity index (χ0) is 11.5. The molecule has 0 aromatic carbocycles. The molecule has 1 saturated carbocycles. The fourth-order valence-corrected chi connectivity index (χ4v) is 1.92. The van der Waals surface area contributed by atoms with Gasteiger partial charge in [0.15, 0.2) is 0 Å². The van der Waals surface area contributed by atoms with Gasteiger partial charge < -0.3 is 10.4 Å². The van der Waals surface area contributed by atoms with E-state index in [2.05, 4.69) is 33.0 Å². The molecule has 0 amide bonds. The van der Waals surface area contributed by atoms with Crippen molar-refractivity contribution in [3.05, 3.63) is 0 Å². The first-order chi connectivity index (χ1) is 6.92. The highest BCUT2D eigenvalue weighted by Gasteiger charge is 2.36. The number of hydrogen-bond acceptors (Lipinski definition) is 2. The van der Waals surface area contributed by atoms with Gasteiger partial charge in [0.05, 0.1) is 0 Å². The number of rotatable bonds is 6. The van der Waals surface area contributed by atoms with Gasteiger partial charge >= 0.3 is 0 Å². The average molecular weight is 213 g/mol. The largest absolute Gasteiger partial charge is 0.396 e. The van der Waals surface area contributed by atoms with Crippen LogP contribution in [0.3, 0.4) is 0 Å². The number of aliphatic hydroxyl groups is 1. The van der Waals surface area contributed by atoms with Gasteiger partial charge in [-0.3, -0.25) is 0 Å². The molecule has 0 atom stereocenters. The molecule has 90 valence electrons. The van der Waals surface area contributed by atoms with E-state index in [0.29, 0.717) is 17.9 Å². The lowest BCUT2D eigenvalue weighted by atomic mass is 9.69. The van der Waals surface area contributed by atoms with Crippen molar-refractivity contribution in [3.8, 4) is 0 Å². The molecule has 0 bridgehead atoms. The normalized spacial score (nSPS) is 20.4. The van der Waals surface area contributed by atoms with Crippen LogP contribution in [0.1, 0.15) is 47.0 Å². The molecule has 0 aromatic heterocycles. The Morgan fingerprint density at radius 1 is 1.33 bits per heavy atom. The second-order valence-electron chi connectivity index (χ2n) is 6.26. The van der Waals surface area contributed by atoms with Gasteiger partial charge in [0, 0.05) is 25.1 Å². The minimum Gasteiger partial charge on any atom is -0.396 e. The van der Waals surface area contributed by atoms with Crippen molar-refractivity contribution in [2.75, 3.05) is 19.7 Å². The van der Waals surface area contributed by atoms with Crippen molar-refractivity contribution in [2.45, 2.75) is 47.0 Å². The molecule has 2 heteroatoms. The summed E-state index contributed by atoms with van der Waals surface area (Å²) in [4.78, 5) is 0. The summed E-state index contributed by atoms with van der Waals surface area (Å²) in [5.74, 6) is 0.691. The quantitative estimate of drug-likeness (QED) is 0.710. The van der Waals surface area contributed by atoms with E-state index in [9.17, 15) is 5.11 Å². The molecule has 0 aromatic rings. The van der Waals surface area contributed by atoms with Crippen LogP contribution in [0.15, 0.2) is 0 Å². The predicted molar refractivity (Wildman–Crippen MR) is 64.9 cm³/mol. The fraction of sp³-hybridized carbons (Fsp3) is 1.00. The summed E-state index contributed by atoms with van der Waals surface area (Å²) in [6.45, 7) is 11.5. The molecular weight excluding hydrogens is 186 g/mol. The van der Waals surface area contributed by atoms with Crippen molar-refractivity contribution in [1.82, 2.24) is 5.32 Å². The first-order valence-corrected chi connectivity index (χ1v) is 6.23. The van der Waals surface area contributed by atoms with E-state index in [-0.39, 0.29) is 5.41 Å². The molecule has 0 spiro atoms. The van der Waals surface area contributed by atoms with Crippen LogP contribution in [-0.2, 0) is 0 Å². The second kappa shape index (κ2) is 4.84. The summed E-state index contributed by atoms with van der Waals surface area (Å²) >= 11 is 0. The maximum Gasteiger partial charge on any atom is 0.0499 e. The van der Waals surface area contributed by atoms with Crippen molar-refractivity contribution >= 4 is 0 Å². The highest BCUT2D eigenvalue weighted by atomic mass is 16.3. The molecule has 1 aliphatic carbocycles. The van der Waals surface area contributed by atoms with Crippen LogP contribution in [0.2, 0.25) is 0 Å². The van der Waals surface area contributed by atoms with E-state index in [0.717, 1.165) is 13.1 Å². The van der Waals surface area contributed by atoms with E-state index in [4.69, 9.17) is 0 Å². The lowest BCUT2D eigenvalue weighted by Crippen LogP contribution is -2.45. The van der Waals surface area contributed by atoms with Crippen LogP contribution in [0.4, 0.5) is 0 Å². The first-order valence-electron chi connectivity index (χ1n) is 6.23. The number of hydrogen-bond donors (Lipinski definition) is 2. The molecular formula is C13H27NO. The number of aliphatic hydroxyl groups excluding tert-OH is 1. The summed E-state index contributed by atoms with van der Waals surface area (Å²) in [5.41, 5.74) is 0.563. The van der Waals surface area contributed by atoms with Gasteiger partial charge in [0.1, 0.15) is 0 Å². The highest BCUT2D eigenvalue weighted by Crippen LogP contribution is 2.39. The third kappa shape index (κ3) is 3.18. The molecule has 2 N–H and O–H groups in total. The molecule has 0 aliphatic heterocycles. The maximum atomic E-state index is 9.34. The predicted octanol–water partition coefficient (Wildman–Crippen LogP) is 2.42. The first kappa shape index (κ1) is 13.0. The summed E-state index contributed by atoms with van der Waals surface area (Å²) in [6, 6.07) is 0. The van der Waals surface area contributed by atoms with Gasteiger partial charge in [-0.25, -0.2) is 0 Å². The van der Waals surface area contributed by atoms with E-state index in [1.807, 2.05) is 0 Å². The van der Waals surface area contributed by atoms with Crippen molar-refractivity contribution in [3.63, 3.8) is 0 Å². The molecule has 1 rings (SSSR count). The third-order valence-electron chi connectivity index (χ3n) is 4.39.